The van der Waals surface area contributed by atoms with E-state index < -0.39 is 0 Å². The fourth-order valence-corrected chi connectivity index (χ4v) is 3.64. The van der Waals surface area contributed by atoms with Gasteiger partial charge >= 0.3 is 0 Å². The van der Waals surface area contributed by atoms with Gasteiger partial charge in [0.15, 0.2) is 5.96 Å². The van der Waals surface area contributed by atoms with Gasteiger partial charge < -0.3 is 10.2 Å². The van der Waals surface area contributed by atoms with Gasteiger partial charge in [0.25, 0.3) is 0 Å². The number of likely N-dealkylation sites (tertiary alicyclic amines) is 1. The number of guanidine groups is 1. The molecule has 2 rings (SSSR count). The molecule has 130 valence electrons. The summed E-state index contributed by atoms with van der Waals surface area (Å²) in [5.41, 5.74) is 0. The van der Waals surface area contributed by atoms with Gasteiger partial charge in [-0.05, 0) is 37.3 Å². The van der Waals surface area contributed by atoms with E-state index in [-0.39, 0.29) is 24.0 Å². The first-order valence-corrected chi connectivity index (χ1v) is 9.38. The van der Waals surface area contributed by atoms with Crippen LogP contribution in [0.25, 0.3) is 0 Å². The van der Waals surface area contributed by atoms with Crippen molar-refractivity contribution < 1.29 is 0 Å². The van der Waals surface area contributed by atoms with E-state index in [0.29, 0.717) is 5.92 Å². The van der Waals surface area contributed by atoms with Crippen LogP contribution in [0.2, 0.25) is 0 Å². The van der Waals surface area contributed by atoms with Crippen LogP contribution in [0.15, 0.2) is 40.2 Å². The second-order valence-corrected chi connectivity index (χ2v) is 7.41. The number of hydrogen-bond donors (Lipinski definition) is 1. The average Bonchev–Trinajstić information content (AvgIpc) is 2.99. The fraction of sp³-hybridized carbons (Fsp3) is 0.611. The van der Waals surface area contributed by atoms with E-state index in [1.807, 2.05) is 11.8 Å². The molecule has 0 amide bonds. The Labute approximate surface area is 162 Å². The zero-order valence-electron chi connectivity index (χ0n) is 14.5. The van der Waals surface area contributed by atoms with Gasteiger partial charge in [-0.3, -0.25) is 4.99 Å². The summed E-state index contributed by atoms with van der Waals surface area (Å²) in [6, 6.07) is 10.7. The van der Waals surface area contributed by atoms with Crippen LogP contribution in [0.4, 0.5) is 0 Å². The SMILES string of the molecule is CCNC(=NCC(C)C)N1CCC(CSc2ccccc2)C1.I. The van der Waals surface area contributed by atoms with Crippen LogP contribution in [0.1, 0.15) is 27.2 Å². The molecule has 5 heteroatoms. The molecule has 1 heterocycles. The number of hydrogen-bond acceptors (Lipinski definition) is 2. The maximum Gasteiger partial charge on any atom is 0.193 e. The Morgan fingerprint density at radius 1 is 1.35 bits per heavy atom. The van der Waals surface area contributed by atoms with Crippen molar-refractivity contribution >= 4 is 41.7 Å². The Kier molecular flexibility index (Phi) is 10.0. The van der Waals surface area contributed by atoms with E-state index in [1.54, 1.807) is 0 Å². The second kappa shape index (κ2) is 11.2. The van der Waals surface area contributed by atoms with Crippen LogP contribution in [-0.4, -0.2) is 42.8 Å². The third-order valence-corrected chi connectivity index (χ3v) is 5.00. The predicted molar refractivity (Wildman–Crippen MR) is 113 cm³/mol. The van der Waals surface area contributed by atoms with Crippen molar-refractivity contribution in [2.45, 2.75) is 32.1 Å². The molecule has 1 saturated heterocycles. The molecule has 3 nitrogen and oxygen atoms in total. The van der Waals surface area contributed by atoms with Crippen molar-refractivity contribution in [2.24, 2.45) is 16.8 Å². The Bertz CT molecular complexity index is 465. The maximum absolute atomic E-state index is 4.77. The van der Waals surface area contributed by atoms with Gasteiger partial charge in [-0.1, -0.05) is 32.0 Å². The van der Waals surface area contributed by atoms with Crippen LogP contribution < -0.4 is 5.32 Å². The average molecular weight is 447 g/mol. The minimum atomic E-state index is 0. The van der Waals surface area contributed by atoms with Crippen molar-refractivity contribution in [2.75, 3.05) is 31.9 Å². The third-order valence-electron chi connectivity index (χ3n) is 3.76. The Morgan fingerprint density at radius 2 is 2.09 bits per heavy atom. The summed E-state index contributed by atoms with van der Waals surface area (Å²) in [6.45, 7) is 10.7. The molecule has 0 aliphatic carbocycles. The van der Waals surface area contributed by atoms with Gasteiger partial charge in [-0.2, -0.15) is 0 Å². The summed E-state index contributed by atoms with van der Waals surface area (Å²) in [6.07, 6.45) is 1.27. The molecule has 1 N–H and O–H groups in total. The van der Waals surface area contributed by atoms with E-state index >= 15 is 0 Å². The molecule has 23 heavy (non-hydrogen) atoms. The molecule has 0 bridgehead atoms. The Balaban J connectivity index is 0.00000264. The molecule has 1 atom stereocenters. The van der Waals surface area contributed by atoms with Gasteiger partial charge in [0, 0.05) is 36.8 Å². The summed E-state index contributed by atoms with van der Waals surface area (Å²) < 4.78 is 0. The maximum atomic E-state index is 4.77. The molecule has 1 aliphatic heterocycles. The number of thioether (sulfide) groups is 1. The first kappa shape index (κ1) is 20.6. The number of aliphatic imine (C=N–C) groups is 1. The molecule has 0 saturated carbocycles. The lowest BCUT2D eigenvalue weighted by molar-refractivity contribution is 0.471. The van der Waals surface area contributed by atoms with Gasteiger partial charge in [-0.15, -0.1) is 35.7 Å². The minimum Gasteiger partial charge on any atom is -0.357 e. The molecule has 1 aromatic carbocycles. The van der Waals surface area contributed by atoms with Crippen LogP contribution in [-0.2, 0) is 0 Å². The van der Waals surface area contributed by atoms with E-state index in [4.69, 9.17) is 4.99 Å². The van der Waals surface area contributed by atoms with Crippen molar-refractivity contribution in [1.82, 2.24) is 10.2 Å². The topological polar surface area (TPSA) is 27.6 Å². The third kappa shape index (κ3) is 7.33. The molecule has 1 unspecified atom stereocenters. The van der Waals surface area contributed by atoms with Gasteiger partial charge in [-0.25, -0.2) is 0 Å². The molecular formula is C18H30IN3S. The summed E-state index contributed by atoms with van der Waals surface area (Å²) in [5.74, 6) is 3.67. The lowest BCUT2D eigenvalue weighted by atomic mass is 10.2. The highest BCUT2D eigenvalue weighted by Gasteiger charge is 2.24. The van der Waals surface area contributed by atoms with Crippen molar-refractivity contribution in [3.63, 3.8) is 0 Å². The monoisotopic (exact) mass is 447 g/mol. The van der Waals surface area contributed by atoms with E-state index in [2.05, 4.69) is 61.3 Å². The predicted octanol–water partition coefficient (Wildman–Crippen LogP) is 4.34. The highest BCUT2D eigenvalue weighted by molar-refractivity contribution is 14.0. The van der Waals surface area contributed by atoms with Gasteiger partial charge in [0.05, 0.1) is 0 Å². The van der Waals surface area contributed by atoms with Crippen LogP contribution in [0.3, 0.4) is 0 Å². The number of nitrogens with one attached hydrogen (secondary N) is 1. The van der Waals surface area contributed by atoms with Gasteiger partial charge in [0.2, 0.25) is 0 Å². The lowest BCUT2D eigenvalue weighted by Crippen LogP contribution is -2.40. The number of rotatable bonds is 6. The molecule has 0 aromatic heterocycles. The van der Waals surface area contributed by atoms with Crippen LogP contribution in [0, 0.1) is 11.8 Å². The second-order valence-electron chi connectivity index (χ2n) is 6.31. The van der Waals surface area contributed by atoms with Crippen molar-refractivity contribution in [3.8, 4) is 0 Å². The Hall–Kier alpha value is -0.430. The number of benzene rings is 1. The molecule has 1 aliphatic rings. The fourth-order valence-electron chi connectivity index (χ4n) is 2.59. The van der Waals surface area contributed by atoms with Crippen LogP contribution >= 0.6 is 35.7 Å². The number of nitrogens with zero attached hydrogens (tertiary/aromatic N) is 2. The van der Waals surface area contributed by atoms with E-state index in [0.717, 1.165) is 38.1 Å². The standard InChI is InChI=1S/C18H29N3S.HI/c1-4-19-18(20-12-15(2)3)21-11-10-16(13-21)14-22-17-8-6-5-7-9-17;/h5-9,15-16H,4,10-14H2,1-3H3,(H,19,20);1H. The molecule has 1 aromatic rings. The van der Waals surface area contributed by atoms with Gasteiger partial charge in [0.1, 0.15) is 0 Å². The first-order chi connectivity index (χ1) is 10.7. The summed E-state index contributed by atoms with van der Waals surface area (Å²) in [5, 5.41) is 3.44. The number of halogens is 1. The zero-order chi connectivity index (χ0) is 15.8. The molecule has 0 radical (unpaired) electrons. The largest absolute Gasteiger partial charge is 0.357 e. The van der Waals surface area contributed by atoms with E-state index in [9.17, 15) is 0 Å². The highest BCUT2D eigenvalue weighted by atomic mass is 127. The zero-order valence-corrected chi connectivity index (χ0v) is 17.6. The lowest BCUT2D eigenvalue weighted by Gasteiger charge is -2.22. The molecule has 1 fully saturated rings. The van der Waals surface area contributed by atoms with E-state index in [1.165, 1.54) is 17.1 Å². The van der Waals surface area contributed by atoms with Crippen LogP contribution in [0.5, 0.6) is 0 Å². The normalized spacial score (nSPS) is 18.2. The van der Waals surface area contributed by atoms with Crippen molar-refractivity contribution in [1.29, 1.82) is 0 Å². The minimum absolute atomic E-state index is 0. The molecular weight excluding hydrogens is 417 g/mol. The summed E-state index contributed by atoms with van der Waals surface area (Å²) in [4.78, 5) is 8.58. The Morgan fingerprint density at radius 3 is 2.74 bits per heavy atom. The quantitative estimate of drug-likeness (QED) is 0.304. The molecule has 0 spiro atoms. The van der Waals surface area contributed by atoms with Crippen molar-refractivity contribution in [3.05, 3.63) is 30.3 Å². The smallest absolute Gasteiger partial charge is 0.193 e. The summed E-state index contributed by atoms with van der Waals surface area (Å²) >= 11 is 1.98. The highest BCUT2D eigenvalue weighted by Crippen LogP contribution is 2.25. The summed E-state index contributed by atoms with van der Waals surface area (Å²) in [7, 11) is 0. The first-order valence-electron chi connectivity index (χ1n) is 8.40.